The predicted octanol–water partition coefficient (Wildman–Crippen LogP) is 5.28. The summed E-state index contributed by atoms with van der Waals surface area (Å²) in [5.41, 5.74) is 6.73. The summed E-state index contributed by atoms with van der Waals surface area (Å²) in [5, 5.41) is 28.5. The third-order valence-corrected chi connectivity index (χ3v) is 7.59. The Labute approximate surface area is 213 Å². The number of aliphatic hydroxyl groups is 1. The second-order valence-electron chi connectivity index (χ2n) is 8.85. The van der Waals surface area contributed by atoms with Gasteiger partial charge in [-0.25, -0.2) is 0 Å². The van der Waals surface area contributed by atoms with E-state index in [0.29, 0.717) is 11.6 Å². The fraction of sp³-hybridized carbons (Fsp3) is 0.214. The van der Waals surface area contributed by atoms with Crippen LogP contribution in [0.25, 0.3) is 17.2 Å². The van der Waals surface area contributed by atoms with Gasteiger partial charge in [0.15, 0.2) is 5.82 Å². The van der Waals surface area contributed by atoms with Crippen LogP contribution in [0.4, 0.5) is 0 Å². The normalized spacial score (nSPS) is 14.9. The van der Waals surface area contributed by atoms with Crippen LogP contribution in [0.3, 0.4) is 0 Å². The number of rotatable bonds is 6. The van der Waals surface area contributed by atoms with Crippen molar-refractivity contribution in [2.45, 2.75) is 39.8 Å². The second kappa shape index (κ2) is 9.64. The first-order valence-electron chi connectivity index (χ1n) is 11.7. The van der Waals surface area contributed by atoms with Crippen molar-refractivity contribution in [2.24, 2.45) is 4.99 Å². The monoisotopic (exact) mass is 498 g/mol. The standard InChI is InChI=1S/C28H26N4O3S/c1-16-17(2)36-28-25(16)26(29-23(14-24(34)35)27-31-30-18(3)32(27)28)22-11-9-19(10-12-22)7-8-20-5-4-6-21(13-20)15-33/h4-13,23,33H,14-15H2,1-3H3,(H,34,35)/b8-7+/t23-/m0/s1. The Bertz CT molecular complexity index is 1510. The first-order valence-corrected chi connectivity index (χ1v) is 12.5. The lowest BCUT2D eigenvalue weighted by atomic mass is 9.98. The molecular weight excluding hydrogens is 472 g/mol. The summed E-state index contributed by atoms with van der Waals surface area (Å²) in [6.07, 6.45) is 3.88. The fourth-order valence-corrected chi connectivity index (χ4v) is 5.64. The van der Waals surface area contributed by atoms with E-state index in [4.69, 9.17) is 4.99 Å². The highest BCUT2D eigenvalue weighted by Crippen LogP contribution is 2.39. The molecule has 1 atom stereocenters. The van der Waals surface area contributed by atoms with Crippen LogP contribution >= 0.6 is 11.3 Å². The molecule has 7 nitrogen and oxygen atoms in total. The van der Waals surface area contributed by atoms with E-state index in [-0.39, 0.29) is 13.0 Å². The zero-order valence-corrected chi connectivity index (χ0v) is 21.1. The molecule has 0 saturated heterocycles. The van der Waals surface area contributed by atoms with Gasteiger partial charge >= 0.3 is 5.97 Å². The molecule has 0 bridgehead atoms. The van der Waals surface area contributed by atoms with E-state index in [9.17, 15) is 15.0 Å². The number of benzene rings is 2. The van der Waals surface area contributed by atoms with Gasteiger partial charge in [-0.2, -0.15) is 0 Å². The number of nitrogens with zero attached hydrogens (tertiary/aromatic N) is 4. The maximum absolute atomic E-state index is 11.7. The van der Waals surface area contributed by atoms with Crippen molar-refractivity contribution in [2.75, 3.05) is 0 Å². The Hall–Kier alpha value is -3.88. The third-order valence-electron chi connectivity index (χ3n) is 6.39. The molecule has 4 aromatic rings. The molecule has 3 heterocycles. The van der Waals surface area contributed by atoms with Crippen LogP contribution in [0.1, 0.15) is 62.4 Å². The highest BCUT2D eigenvalue weighted by molar-refractivity contribution is 7.15. The summed E-state index contributed by atoms with van der Waals surface area (Å²) in [4.78, 5) is 17.9. The minimum Gasteiger partial charge on any atom is -0.481 e. The van der Waals surface area contributed by atoms with Crippen molar-refractivity contribution in [3.05, 3.63) is 98.4 Å². The molecule has 36 heavy (non-hydrogen) atoms. The molecule has 0 unspecified atom stereocenters. The fourth-order valence-electron chi connectivity index (χ4n) is 4.43. The van der Waals surface area contributed by atoms with Crippen molar-refractivity contribution in [1.29, 1.82) is 0 Å². The Morgan fingerprint density at radius 3 is 2.53 bits per heavy atom. The molecule has 182 valence electrons. The Morgan fingerprint density at radius 1 is 1.06 bits per heavy atom. The number of aliphatic carboxylic acids is 1. The zero-order valence-electron chi connectivity index (χ0n) is 20.3. The average Bonchev–Trinajstić information content (AvgIpc) is 3.35. The number of aryl methyl sites for hydroxylation is 2. The lowest BCUT2D eigenvalue weighted by molar-refractivity contribution is -0.137. The highest BCUT2D eigenvalue weighted by atomic mass is 32.1. The molecule has 0 fully saturated rings. The van der Waals surface area contributed by atoms with E-state index >= 15 is 0 Å². The number of carboxylic acid groups (broad SMARTS) is 1. The Balaban J connectivity index is 1.56. The van der Waals surface area contributed by atoms with Crippen molar-refractivity contribution < 1.29 is 15.0 Å². The van der Waals surface area contributed by atoms with Crippen LogP contribution in [0.2, 0.25) is 0 Å². The van der Waals surface area contributed by atoms with E-state index in [1.807, 2.05) is 72.2 Å². The molecule has 1 aliphatic heterocycles. The Morgan fingerprint density at radius 2 is 1.81 bits per heavy atom. The number of hydrogen-bond donors (Lipinski definition) is 2. The number of carboxylic acids is 1. The van der Waals surface area contributed by atoms with Crippen LogP contribution in [0.5, 0.6) is 0 Å². The second-order valence-corrected chi connectivity index (χ2v) is 10.1. The van der Waals surface area contributed by atoms with Crippen LogP contribution in [0.15, 0.2) is 53.5 Å². The minimum atomic E-state index is -0.931. The molecule has 2 N–H and O–H groups in total. The van der Waals surface area contributed by atoms with E-state index in [2.05, 4.69) is 24.0 Å². The minimum absolute atomic E-state index is 0.0139. The summed E-state index contributed by atoms with van der Waals surface area (Å²) in [6.45, 7) is 6.06. The van der Waals surface area contributed by atoms with Gasteiger partial charge < -0.3 is 10.2 Å². The SMILES string of the molecule is Cc1sc2c(c1C)C(c1ccc(/C=C/c3cccc(CO)c3)cc1)=N[C@@H](CC(=O)O)c1nnc(C)n1-2. The van der Waals surface area contributed by atoms with Crippen LogP contribution in [-0.2, 0) is 11.4 Å². The Kier molecular flexibility index (Phi) is 6.38. The van der Waals surface area contributed by atoms with Crippen LogP contribution in [-0.4, -0.2) is 36.7 Å². The molecule has 8 heteroatoms. The third kappa shape index (κ3) is 4.41. The van der Waals surface area contributed by atoms with E-state index in [1.54, 1.807) is 11.3 Å². The molecule has 2 aromatic carbocycles. The molecule has 0 radical (unpaired) electrons. The molecule has 2 aromatic heterocycles. The van der Waals surface area contributed by atoms with E-state index in [1.165, 1.54) is 4.88 Å². The number of thiophene rings is 1. The number of hydrogen-bond acceptors (Lipinski definition) is 6. The molecule has 0 aliphatic carbocycles. The first-order chi connectivity index (χ1) is 17.4. The van der Waals surface area contributed by atoms with Gasteiger partial charge in [0.05, 0.1) is 18.7 Å². The summed E-state index contributed by atoms with van der Waals surface area (Å²) < 4.78 is 1.96. The maximum Gasteiger partial charge on any atom is 0.306 e. The number of fused-ring (bicyclic) bond motifs is 3. The molecule has 5 rings (SSSR count). The van der Waals surface area contributed by atoms with Gasteiger partial charge in [0.1, 0.15) is 16.9 Å². The lowest BCUT2D eigenvalue weighted by Gasteiger charge is -2.11. The highest BCUT2D eigenvalue weighted by Gasteiger charge is 2.32. The molecule has 0 amide bonds. The van der Waals surface area contributed by atoms with Crippen molar-refractivity contribution in [3.63, 3.8) is 0 Å². The van der Waals surface area contributed by atoms with Crippen molar-refractivity contribution in [3.8, 4) is 5.00 Å². The first kappa shape index (κ1) is 23.8. The van der Waals surface area contributed by atoms with Gasteiger partial charge in [-0.1, -0.05) is 54.6 Å². The van der Waals surface area contributed by atoms with Gasteiger partial charge in [-0.3, -0.25) is 14.4 Å². The van der Waals surface area contributed by atoms with Gasteiger partial charge in [-0.15, -0.1) is 21.5 Å². The maximum atomic E-state index is 11.7. The predicted molar refractivity (Wildman–Crippen MR) is 142 cm³/mol. The quantitative estimate of drug-likeness (QED) is 0.352. The lowest BCUT2D eigenvalue weighted by Crippen LogP contribution is -2.10. The van der Waals surface area contributed by atoms with Crippen LogP contribution < -0.4 is 0 Å². The topological polar surface area (TPSA) is 101 Å². The van der Waals surface area contributed by atoms with Gasteiger partial charge in [-0.05, 0) is 49.1 Å². The van der Waals surface area contributed by atoms with E-state index < -0.39 is 12.0 Å². The molecule has 1 aliphatic rings. The van der Waals surface area contributed by atoms with E-state index in [0.717, 1.165) is 44.1 Å². The number of aromatic nitrogens is 3. The van der Waals surface area contributed by atoms with Crippen LogP contribution in [0, 0.1) is 20.8 Å². The van der Waals surface area contributed by atoms with Gasteiger partial charge in [0, 0.05) is 16.0 Å². The average molecular weight is 499 g/mol. The number of aliphatic imine (C=N–C) groups is 1. The van der Waals surface area contributed by atoms with Gasteiger partial charge in [0.2, 0.25) is 0 Å². The summed E-state index contributed by atoms with van der Waals surface area (Å²) in [5.74, 6) is 0.335. The molecule has 0 saturated carbocycles. The van der Waals surface area contributed by atoms with Gasteiger partial charge in [0.25, 0.3) is 0 Å². The largest absolute Gasteiger partial charge is 0.481 e. The summed E-state index contributed by atoms with van der Waals surface area (Å²) in [7, 11) is 0. The molecule has 0 spiro atoms. The van der Waals surface area contributed by atoms with Crippen molar-refractivity contribution in [1.82, 2.24) is 14.8 Å². The zero-order chi connectivity index (χ0) is 25.4. The number of aliphatic hydroxyl groups excluding tert-OH is 1. The van der Waals surface area contributed by atoms with Crippen molar-refractivity contribution >= 4 is 35.2 Å². The smallest absolute Gasteiger partial charge is 0.306 e. The summed E-state index contributed by atoms with van der Waals surface area (Å²) in [6, 6.07) is 15.2. The number of carbonyl (C=O) groups is 1. The molecular formula is C28H26N4O3S. The summed E-state index contributed by atoms with van der Waals surface area (Å²) >= 11 is 1.65.